The fourth-order valence-corrected chi connectivity index (χ4v) is 1.24. The molecule has 2 N–H and O–H groups in total. The fourth-order valence-electron chi connectivity index (χ4n) is 1.24. The van der Waals surface area contributed by atoms with Gasteiger partial charge in [-0.25, -0.2) is 4.98 Å². The molecule has 98 valence electrons. The van der Waals surface area contributed by atoms with Gasteiger partial charge in [-0.15, -0.1) is 0 Å². The first-order chi connectivity index (χ1) is 8.41. The van der Waals surface area contributed by atoms with Crippen LogP contribution in [0.5, 0.6) is 5.75 Å². The van der Waals surface area contributed by atoms with Crippen molar-refractivity contribution in [1.29, 1.82) is 0 Å². The van der Waals surface area contributed by atoms with Gasteiger partial charge < -0.3 is 15.2 Å². The summed E-state index contributed by atoms with van der Waals surface area (Å²) in [4.78, 5) is 26.4. The highest BCUT2D eigenvalue weighted by Gasteiger charge is 2.19. The van der Waals surface area contributed by atoms with Gasteiger partial charge in [-0.05, 0) is 32.9 Å². The topological polar surface area (TPSA) is 88.5 Å². The smallest absolute Gasteiger partial charge is 0.325 e. The van der Waals surface area contributed by atoms with E-state index in [0.29, 0.717) is 5.75 Å². The Kier molecular flexibility index (Phi) is 4.65. The van der Waals surface area contributed by atoms with Crippen LogP contribution in [0.4, 0.5) is 0 Å². The SMILES string of the molecule is CC(C)Oc1cccnc1C(=O)N[C@H](C)C(=O)O. The van der Waals surface area contributed by atoms with Crippen LogP contribution in [0.1, 0.15) is 31.3 Å². The van der Waals surface area contributed by atoms with Crippen molar-refractivity contribution in [3.8, 4) is 5.75 Å². The van der Waals surface area contributed by atoms with Crippen LogP contribution >= 0.6 is 0 Å². The number of hydrogen-bond donors (Lipinski definition) is 2. The zero-order chi connectivity index (χ0) is 13.7. The van der Waals surface area contributed by atoms with Gasteiger partial charge >= 0.3 is 5.97 Å². The molecule has 0 unspecified atom stereocenters. The lowest BCUT2D eigenvalue weighted by Crippen LogP contribution is -2.38. The van der Waals surface area contributed by atoms with Gasteiger partial charge in [0.1, 0.15) is 6.04 Å². The molecule has 0 bridgehead atoms. The summed E-state index contributed by atoms with van der Waals surface area (Å²) in [6, 6.07) is 2.29. The Labute approximate surface area is 105 Å². The molecule has 0 aliphatic heterocycles. The second-order valence-corrected chi connectivity index (χ2v) is 4.05. The van der Waals surface area contributed by atoms with Gasteiger partial charge in [0.2, 0.25) is 0 Å². The van der Waals surface area contributed by atoms with Crippen molar-refractivity contribution in [3.63, 3.8) is 0 Å². The summed E-state index contributed by atoms with van der Waals surface area (Å²) in [5.41, 5.74) is 0.0827. The molecule has 1 aromatic rings. The van der Waals surface area contributed by atoms with Crippen LogP contribution in [-0.2, 0) is 4.79 Å². The van der Waals surface area contributed by atoms with E-state index in [1.165, 1.54) is 13.1 Å². The number of ether oxygens (including phenoxy) is 1. The van der Waals surface area contributed by atoms with Crippen molar-refractivity contribution in [2.75, 3.05) is 0 Å². The summed E-state index contributed by atoms with van der Waals surface area (Å²) in [5.74, 6) is -1.34. The predicted molar refractivity (Wildman–Crippen MR) is 64.6 cm³/mol. The van der Waals surface area contributed by atoms with Gasteiger partial charge in [-0.2, -0.15) is 0 Å². The van der Waals surface area contributed by atoms with Gasteiger partial charge in [0.05, 0.1) is 6.10 Å². The summed E-state index contributed by atoms with van der Waals surface area (Å²) in [5, 5.41) is 11.1. The van der Waals surface area contributed by atoms with Crippen LogP contribution in [-0.4, -0.2) is 34.1 Å². The van der Waals surface area contributed by atoms with Gasteiger partial charge in [0.15, 0.2) is 11.4 Å². The standard InChI is InChI=1S/C12H16N2O4/c1-7(2)18-9-5-4-6-13-10(9)11(15)14-8(3)12(16)17/h4-8H,1-3H3,(H,14,15)(H,16,17)/t8-/m1/s1. The Morgan fingerprint density at radius 2 is 2.06 bits per heavy atom. The molecule has 6 heteroatoms. The van der Waals surface area contributed by atoms with E-state index >= 15 is 0 Å². The number of pyridine rings is 1. The first-order valence-electron chi connectivity index (χ1n) is 5.57. The Hall–Kier alpha value is -2.11. The lowest BCUT2D eigenvalue weighted by atomic mass is 10.2. The molecule has 0 aliphatic carbocycles. The Morgan fingerprint density at radius 1 is 1.39 bits per heavy atom. The highest BCUT2D eigenvalue weighted by Crippen LogP contribution is 2.16. The van der Waals surface area contributed by atoms with Crippen LogP contribution in [0.2, 0.25) is 0 Å². The van der Waals surface area contributed by atoms with Crippen LogP contribution in [0.25, 0.3) is 0 Å². The number of carboxylic acid groups (broad SMARTS) is 1. The summed E-state index contributed by atoms with van der Waals surface area (Å²) in [6.07, 6.45) is 1.35. The normalized spacial score (nSPS) is 12.0. The Balaban J connectivity index is 2.88. The van der Waals surface area contributed by atoms with E-state index in [2.05, 4.69) is 10.3 Å². The second kappa shape index (κ2) is 6.00. The minimum atomic E-state index is -1.11. The molecule has 0 fully saturated rings. The molecule has 1 rings (SSSR count). The average molecular weight is 252 g/mol. The monoisotopic (exact) mass is 252 g/mol. The lowest BCUT2D eigenvalue weighted by molar-refractivity contribution is -0.138. The third-order valence-electron chi connectivity index (χ3n) is 2.07. The minimum absolute atomic E-state index is 0.0827. The summed E-state index contributed by atoms with van der Waals surface area (Å²) < 4.78 is 5.44. The molecule has 0 aromatic carbocycles. The molecule has 1 heterocycles. The van der Waals surface area contributed by atoms with E-state index < -0.39 is 17.9 Å². The summed E-state index contributed by atoms with van der Waals surface area (Å²) in [6.45, 7) is 5.04. The number of carbonyl (C=O) groups excluding carboxylic acids is 1. The van der Waals surface area contributed by atoms with Gasteiger partial charge in [-0.3, -0.25) is 9.59 Å². The van der Waals surface area contributed by atoms with Gasteiger partial charge in [-0.1, -0.05) is 0 Å². The van der Waals surface area contributed by atoms with Gasteiger partial charge in [0.25, 0.3) is 5.91 Å². The van der Waals surface area contributed by atoms with E-state index in [-0.39, 0.29) is 11.8 Å². The van der Waals surface area contributed by atoms with Crippen molar-refractivity contribution >= 4 is 11.9 Å². The van der Waals surface area contributed by atoms with E-state index in [1.807, 2.05) is 13.8 Å². The molecular weight excluding hydrogens is 236 g/mol. The zero-order valence-electron chi connectivity index (χ0n) is 10.5. The van der Waals surface area contributed by atoms with Crippen molar-refractivity contribution in [2.24, 2.45) is 0 Å². The Bertz CT molecular complexity index is 445. The highest BCUT2D eigenvalue weighted by atomic mass is 16.5. The van der Waals surface area contributed by atoms with E-state index in [1.54, 1.807) is 12.1 Å². The summed E-state index contributed by atoms with van der Waals surface area (Å²) >= 11 is 0. The molecule has 0 spiro atoms. The van der Waals surface area contributed by atoms with Crippen LogP contribution in [0.15, 0.2) is 18.3 Å². The van der Waals surface area contributed by atoms with E-state index in [4.69, 9.17) is 9.84 Å². The van der Waals surface area contributed by atoms with Crippen molar-refractivity contribution in [3.05, 3.63) is 24.0 Å². The van der Waals surface area contributed by atoms with Gasteiger partial charge in [0, 0.05) is 6.20 Å². The molecule has 1 amide bonds. The number of hydrogen-bond acceptors (Lipinski definition) is 4. The predicted octanol–water partition coefficient (Wildman–Crippen LogP) is 1.07. The maximum atomic E-state index is 11.8. The van der Waals surface area contributed by atoms with Crippen molar-refractivity contribution < 1.29 is 19.4 Å². The number of carboxylic acids is 1. The number of aromatic nitrogens is 1. The van der Waals surface area contributed by atoms with Crippen LogP contribution in [0.3, 0.4) is 0 Å². The number of carbonyl (C=O) groups is 2. The lowest BCUT2D eigenvalue weighted by Gasteiger charge is -2.14. The quantitative estimate of drug-likeness (QED) is 0.818. The van der Waals surface area contributed by atoms with Crippen molar-refractivity contribution in [1.82, 2.24) is 10.3 Å². The number of nitrogens with zero attached hydrogens (tertiary/aromatic N) is 1. The third kappa shape index (κ3) is 3.73. The maximum Gasteiger partial charge on any atom is 0.325 e. The van der Waals surface area contributed by atoms with E-state index in [9.17, 15) is 9.59 Å². The highest BCUT2D eigenvalue weighted by molar-refractivity contribution is 5.97. The second-order valence-electron chi connectivity index (χ2n) is 4.05. The largest absolute Gasteiger partial charge is 0.489 e. The molecule has 0 radical (unpaired) electrons. The fraction of sp³-hybridized carbons (Fsp3) is 0.417. The molecule has 0 saturated heterocycles. The number of amides is 1. The van der Waals surface area contributed by atoms with Crippen molar-refractivity contribution in [2.45, 2.75) is 32.9 Å². The number of rotatable bonds is 5. The molecule has 1 atom stereocenters. The molecule has 18 heavy (non-hydrogen) atoms. The Morgan fingerprint density at radius 3 is 2.61 bits per heavy atom. The minimum Gasteiger partial charge on any atom is -0.489 e. The summed E-state index contributed by atoms with van der Waals surface area (Å²) in [7, 11) is 0. The molecular formula is C12H16N2O4. The molecule has 0 saturated carbocycles. The molecule has 0 aliphatic rings. The number of aliphatic carboxylic acids is 1. The van der Waals surface area contributed by atoms with Crippen LogP contribution < -0.4 is 10.1 Å². The van der Waals surface area contributed by atoms with Crippen LogP contribution in [0, 0.1) is 0 Å². The zero-order valence-corrected chi connectivity index (χ0v) is 10.5. The molecule has 1 aromatic heterocycles. The first kappa shape index (κ1) is 14.0. The third-order valence-corrected chi connectivity index (χ3v) is 2.07. The van der Waals surface area contributed by atoms with E-state index in [0.717, 1.165) is 0 Å². The molecule has 6 nitrogen and oxygen atoms in total. The first-order valence-corrected chi connectivity index (χ1v) is 5.57. The number of nitrogens with one attached hydrogen (secondary N) is 1. The maximum absolute atomic E-state index is 11.8. The average Bonchev–Trinajstić information content (AvgIpc) is 2.28.